The van der Waals surface area contributed by atoms with Crippen molar-refractivity contribution in [1.82, 2.24) is 0 Å². The van der Waals surface area contributed by atoms with Gasteiger partial charge in [-0.1, -0.05) is 133 Å². The highest BCUT2D eigenvalue weighted by molar-refractivity contribution is 5.90. The number of esters is 3. The number of rotatable bonds is 25. The molecule has 1 saturated carbocycles. The fourth-order valence-corrected chi connectivity index (χ4v) is 7.37. The first kappa shape index (κ1) is 43.0. The largest absolute Gasteiger partial charge is 0.466 e. The zero-order valence-electron chi connectivity index (χ0n) is 33.2. The lowest BCUT2D eigenvalue weighted by atomic mass is 9.87. The Morgan fingerprint density at radius 2 is 1.41 bits per heavy atom. The van der Waals surface area contributed by atoms with Crippen molar-refractivity contribution in [3.63, 3.8) is 0 Å². The summed E-state index contributed by atoms with van der Waals surface area (Å²) in [6.07, 6.45) is 28.0. The van der Waals surface area contributed by atoms with E-state index in [1.54, 1.807) is 24.3 Å². The maximum Gasteiger partial charge on any atom is 0.348 e. The second kappa shape index (κ2) is 24.6. The van der Waals surface area contributed by atoms with Crippen LogP contribution in [0.4, 0.5) is 0 Å². The van der Waals surface area contributed by atoms with Crippen LogP contribution >= 0.6 is 0 Å². The molecule has 0 saturated heterocycles. The predicted octanol–water partition coefficient (Wildman–Crippen LogP) is 11.9. The van der Waals surface area contributed by atoms with E-state index in [9.17, 15) is 14.4 Å². The summed E-state index contributed by atoms with van der Waals surface area (Å²) in [5.41, 5.74) is 1.33. The lowest BCUT2D eigenvalue weighted by Gasteiger charge is -2.30. The van der Waals surface area contributed by atoms with Crippen molar-refractivity contribution in [3.8, 4) is 5.75 Å². The van der Waals surface area contributed by atoms with Gasteiger partial charge in [0.25, 0.3) is 0 Å². The number of hydrogen-bond acceptors (Lipinski definition) is 7. The van der Waals surface area contributed by atoms with E-state index in [0.29, 0.717) is 43.3 Å². The molecule has 2 atom stereocenters. The third-order valence-electron chi connectivity index (χ3n) is 10.8. The highest BCUT2D eigenvalue weighted by Crippen LogP contribution is 2.32. The fourth-order valence-electron chi connectivity index (χ4n) is 7.37. The molecular weight excluding hydrogens is 677 g/mol. The summed E-state index contributed by atoms with van der Waals surface area (Å²) < 4.78 is 23.4. The van der Waals surface area contributed by atoms with Crippen LogP contribution < -0.4 is 4.74 Å². The molecule has 1 fully saturated rings. The first-order valence-electron chi connectivity index (χ1n) is 21.2. The van der Waals surface area contributed by atoms with Gasteiger partial charge in [-0.3, -0.25) is 4.79 Å². The first-order valence-corrected chi connectivity index (χ1v) is 21.2. The number of allylic oxidation sites excluding steroid dienone is 2. The summed E-state index contributed by atoms with van der Waals surface area (Å²) in [7, 11) is 0. The van der Waals surface area contributed by atoms with Gasteiger partial charge in [0.15, 0.2) is 5.60 Å². The summed E-state index contributed by atoms with van der Waals surface area (Å²) in [5, 5.41) is 0. The van der Waals surface area contributed by atoms with Crippen molar-refractivity contribution in [3.05, 3.63) is 84.0 Å². The quantitative estimate of drug-likeness (QED) is 0.0568. The Morgan fingerprint density at radius 3 is 2.06 bits per heavy atom. The highest BCUT2D eigenvalue weighted by Gasteiger charge is 2.40. The van der Waals surface area contributed by atoms with Crippen LogP contribution in [0.3, 0.4) is 0 Å². The van der Waals surface area contributed by atoms with E-state index in [1.807, 2.05) is 43.4 Å². The Labute approximate surface area is 325 Å². The average Bonchev–Trinajstić information content (AvgIpc) is 3.19. The predicted molar refractivity (Wildman–Crippen MR) is 216 cm³/mol. The maximum absolute atomic E-state index is 13.7. The molecule has 0 aliphatic heterocycles. The number of carbonyl (C=O) groups excluding carboxylic acids is 3. The Balaban J connectivity index is 1.15. The maximum atomic E-state index is 13.7. The second-order valence-corrected chi connectivity index (χ2v) is 15.4. The molecule has 2 aliphatic carbocycles. The van der Waals surface area contributed by atoms with Gasteiger partial charge in [-0.25, -0.2) is 9.59 Å². The molecule has 7 nitrogen and oxygen atoms in total. The molecule has 4 rings (SSSR count). The summed E-state index contributed by atoms with van der Waals surface area (Å²) in [6, 6.07) is 16.7. The lowest BCUT2D eigenvalue weighted by Crippen LogP contribution is -2.43. The minimum atomic E-state index is -1.23. The summed E-state index contributed by atoms with van der Waals surface area (Å²) in [5.74, 6) is 0.0398. The van der Waals surface area contributed by atoms with Gasteiger partial charge in [-0.15, -0.1) is 0 Å². The van der Waals surface area contributed by atoms with Gasteiger partial charge in [-0.05, 0) is 92.8 Å². The van der Waals surface area contributed by atoms with Crippen LogP contribution in [0.15, 0.2) is 72.8 Å². The molecule has 2 aromatic rings. The molecule has 2 aromatic carbocycles. The molecule has 0 amide bonds. The van der Waals surface area contributed by atoms with Gasteiger partial charge in [0.05, 0.1) is 18.3 Å². The lowest BCUT2D eigenvalue weighted by molar-refractivity contribution is -0.156. The molecule has 0 N–H and O–H groups in total. The van der Waals surface area contributed by atoms with Crippen LogP contribution in [0, 0.1) is 5.92 Å². The number of carbonyl (C=O) groups is 3. The minimum Gasteiger partial charge on any atom is -0.466 e. The number of ether oxygens (including phenoxy) is 4. The third-order valence-corrected chi connectivity index (χ3v) is 10.8. The van der Waals surface area contributed by atoms with Crippen LogP contribution in [0.25, 0.3) is 5.57 Å². The van der Waals surface area contributed by atoms with E-state index >= 15 is 0 Å². The van der Waals surface area contributed by atoms with Crippen molar-refractivity contribution in [2.75, 3.05) is 13.2 Å². The molecule has 2 aliphatic rings. The molecule has 0 radical (unpaired) electrons. The van der Waals surface area contributed by atoms with Crippen molar-refractivity contribution >= 4 is 23.5 Å². The Hall–Kier alpha value is -3.71. The summed E-state index contributed by atoms with van der Waals surface area (Å²) in [6.45, 7) is 5.12. The number of benzene rings is 2. The van der Waals surface area contributed by atoms with Crippen molar-refractivity contribution < 1.29 is 33.3 Å². The smallest absolute Gasteiger partial charge is 0.348 e. The Bertz CT molecular complexity index is 1440. The molecule has 0 bridgehead atoms. The van der Waals surface area contributed by atoms with E-state index in [1.165, 1.54) is 70.6 Å². The number of unbranched alkanes of at least 4 members (excludes halogenated alkanes) is 11. The molecule has 0 aromatic heterocycles. The van der Waals surface area contributed by atoms with E-state index in [0.717, 1.165) is 62.5 Å². The zero-order valence-corrected chi connectivity index (χ0v) is 33.2. The monoisotopic (exact) mass is 742 g/mol. The topological polar surface area (TPSA) is 88.1 Å². The summed E-state index contributed by atoms with van der Waals surface area (Å²) in [4.78, 5) is 38.5. The van der Waals surface area contributed by atoms with Gasteiger partial charge in [0.2, 0.25) is 0 Å². The minimum absolute atomic E-state index is 0.00938. The van der Waals surface area contributed by atoms with Crippen LogP contribution in [-0.4, -0.2) is 42.8 Å². The average molecular weight is 743 g/mol. The molecular formula is C47H66O7. The van der Waals surface area contributed by atoms with Gasteiger partial charge in [0.1, 0.15) is 5.75 Å². The third kappa shape index (κ3) is 15.6. The van der Waals surface area contributed by atoms with Crippen LogP contribution in [0.2, 0.25) is 0 Å². The van der Waals surface area contributed by atoms with Crippen molar-refractivity contribution in [1.29, 1.82) is 0 Å². The van der Waals surface area contributed by atoms with Gasteiger partial charge in [-0.2, -0.15) is 0 Å². The van der Waals surface area contributed by atoms with E-state index in [4.69, 9.17) is 18.9 Å². The molecule has 0 spiro atoms. The summed E-state index contributed by atoms with van der Waals surface area (Å²) >= 11 is 0. The normalized spacial score (nSPS) is 17.8. The molecule has 0 heterocycles. The first-order chi connectivity index (χ1) is 26.4. The standard InChI is InChI=1S/C47H66O7/c1-3-4-5-15-22-38(2)53-45(49)42-27-29-43(30-28-42)54-46(50)47(33-31-41(32-34-47)40-25-18-14-19-26-40)52-36-21-12-10-8-6-7-9-11-20-35-51-44(48)37-39-23-16-13-17-24-39/h14,18-19,25-33,38-39H,3-13,15-17,20-24,34-37H2,1-2H3. The molecule has 7 heteroatoms. The molecule has 54 heavy (non-hydrogen) atoms. The van der Waals surface area contributed by atoms with Crippen molar-refractivity contribution in [2.24, 2.45) is 5.92 Å². The second-order valence-electron chi connectivity index (χ2n) is 15.4. The van der Waals surface area contributed by atoms with E-state index in [2.05, 4.69) is 19.1 Å². The Kier molecular flexibility index (Phi) is 19.6. The zero-order chi connectivity index (χ0) is 38.3. The molecule has 2 unspecified atom stereocenters. The molecule has 296 valence electrons. The van der Waals surface area contributed by atoms with E-state index < -0.39 is 11.6 Å². The highest BCUT2D eigenvalue weighted by atomic mass is 16.6. The van der Waals surface area contributed by atoms with E-state index in [-0.39, 0.29) is 18.0 Å². The number of hydrogen-bond donors (Lipinski definition) is 0. The van der Waals surface area contributed by atoms with Gasteiger partial charge in [0, 0.05) is 19.4 Å². The van der Waals surface area contributed by atoms with Crippen LogP contribution in [0.5, 0.6) is 5.75 Å². The van der Waals surface area contributed by atoms with Crippen LogP contribution in [-0.2, 0) is 23.8 Å². The van der Waals surface area contributed by atoms with Gasteiger partial charge >= 0.3 is 17.9 Å². The fraction of sp³-hybridized carbons (Fsp3) is 0.596. The SMILES string of the molecule is CCCCCCC(C)OC(=O)c1ccc(OC(=O)C2(OCCCCCCCCCCCOC(=O)CC3CCCCC3)C=CC(c3ccccc3)=CC2)cc1. The van der Waals surface area contributed by atoms with Crippen molar-refractivity contribution in [2.45, 2.75) is 160 Å². The van der Waals surface area contributed by atoms with Gasteiger partial charge < -0.3 is 18.9 Å². The van der Waals surface area contributed by atoms with Crippen LogP contribution in [0.1, 0.15) is 165 Å². The Morgan fingerprint density at radius 1 is 0.759 bits per heavy atom.